The fourth-order valence-electron chi connectivity index (χ4n) is 2.02. The van der Waals surface area contributed by atoms with Crippen molar-refractivity contribution in [3.63, 3.8) is 0 Å². The number of hydrogen-bond donors (Lipinski definition) is 2. The summed E-state index contributed by atoms with van der Waals surface area (Å²) >= 11 is 0. The number of rotatable bonds is 3. The average Bonchev–Trinajstić information content (AvgIpc) is 2.34. The van der Waals surface area contributed by atoms with E-state index in [0.717, 1.165) is 16.9 Å². The lowest BCUT2D eigenvalue weighted by molar-refractivity contribution is 0.474. The van der Waals surface area contributed by atoms with E-state index in [4.69, 9.17) is 15.9 Å². The molecule has 0 amide bonds. The van der Waals surface area contributed by atoms with Crippen LogP contribution in [0.1, 0.15) is 22.3 Å². The molecule has 19 heavy (non-hydrogen) atoms. The van der Waals surface area contributed by atoms with E-state index in [9.17, 15) is 0 Å². The minimum Gasteiger partial charge on any atom is -0.456 e. The molecule has 0 fully saturated rings. The van der Waals surface area contributed by atoms with Gasteiger partial charge in [-0.3, -0.25) is 5.41 Å². The third-order valence-electron chi connectivity index (χ3n) is 3.04. The molecule has 2 aromatic carbocycles. The van der Waals surface area contributed by atoms with Gasteiger partial charge < -0.3 is 10.5 Å². The molecule has 0 aliphatic carbocycles. The standard InChI is InChI=1S/C16H18N2O/c1-10-7-8-14(12(3)9-10)19-15-11(2)5-4-6-13(15)16(17)18/h4-9H,1-3H3,(H3,17,18). The molecule has 0 saturated heterocycles. The highest BCUT2D eigenvalue weighted by atomic mass is 16.5. The number of ether oxygens (including phenoxy) is 1. The SMILES string of the molecule is Cc1ccc(Oc2c(C)cccc2C(=N)N)c(C)c1. The van der Waals surface area contributed by atoms with Crippen molar-refractivity contribution in [1.82, 2.24) is 0 Å². The Labute approximate surface area is 113 Å². The van der Waals surface area contributed by atoms with Crippen LogP contribution in [0.15, 0.2) is 36.4 Å². The quantitative estimate of drug-likeness (QED) is 0.648. The summed E-state index contributed by atoms with van der Waals surface area (Å²) in [5.74, 6) is 1.47. The van der Waals surface area contributed by atoms with Gasteiger partial charge in [0.1, 0.15) is 17.3 Å². The van der Waals surface area contributed by atoms with Crippen LogP contribution in [-0.4, -0.2) is 5.84 Å². The molecule has 3 N–H and O–H groups in total. The summed E-state index contributed by atoms with van der Waals surface area (Å²) in [5.41, 5.74) is 9.46. The summed E-state index contributed by atoms with van der Waals surface area (Å²) in [4.78, 5) is 0. The third-order valence-corrected chi connectivity index (χ3v) is 3.04. The number of nitrogen functional groups attached to an aromatic ring is 1. The van der Waals surface area contributed by atoms with Gasteiger partial charge in [-0.15, -0.1) is 0 Å². The zero-order valence-corrected chi connectivity index (χ0v) is 11.4. The van der Waals surface area contributed by atoms with Crippen LogP contribution in [0.4, 0.5) is 0 Å². The molecular weight excluding hydrogens is 236 g/mol. The lowest BCUT2D eigenvalue weighted by atomic mass is 10.1. The van der Waals surface area contributed by atoms with Gasteiger partial charge in [0, 0.05) is 0 Å². The molecular formula is C16H18N2O. The van der Waals surface area contributed by atoms with Gasteiger partial charge >= 0.3 is 0 Å². The van der Waals surface area contributed by atoms with Gasteiger partial charge in [0.2, 0.25) is 0 Å². The summed E-state index contributed by atoms with van der Waals surface area (Å²) in [5, 5.41) is 7.62. The van der Waals surface area contributed by atoms with Crippen molar-refractivity contribution in [2.45, 2.75) is 20.8 Å². The second-order valence-corrected chi connectivity index (χ2v) is 4.74. The number of para-hydroxylation sites is 1. The molecule has 3 nitrogen and oxygen atoms in total. The van der Waals surface area contributed by atoms with E-state index in [1.807, 2.05) is 45.0 Å². The van der Waals surface area contributed by atoms with E-state index in [-0.39, 0.29) is 5.84 Å². The lowest BCUT2D eigenvalue weighted by Gasteiger charge is -2.14. The van der Waals surface area contributed by atoms with E-state index >= 15 is 0 Å². The monoisotopic (exact) mass is 254 g/mol. The Balaban J connectivity index is 2.46. The molecule has 2 aromatic rings. The Bertz CT molecular complexity index is 633. The summed E-state index contributed by atoms with van der Waals surface area (Å²) in [6.07, 6.45) is 0. The minimum atomic E-state index is 0.0171. The van der Waals surface area contributed by atoms with Crippen molar-refractivity contribution in [3.8, 4) is 11.5 Å². The van der Waals surface area contributed by atoms with E-state index in [1.165, 1.54) is 5.56 Å². The molecule has 0 atom stereocenters. The maximum Gasteiger partial charge on any atom is 0.141 e. The molecule has 0 heterocycles. The van der Waals surface area contributed by atoms with Gasteiger partial charge in [-0.25, -0.2) is 0 Å². The molecule has 0 bridgehead atoms. The van der Waals surface area contributed by atoms with Gasteiger partial charge in [0.25, 0.3) is 0 Å². The Morgan fingerprint density at radius 1 is 1.05 bits per heavy atom. The first-order valence-corrected chi connectivity index (χ1v) is 6.18. The predicted molar refractivity (Wildman–Crippen MR) is 78.2 cm³/mol. The van der Waals surface area contributed by atoms with Crippen molar-refractivity contribution in [1.29, 1.82) is 5.41 Å². The van der Waals surface area contributed by atoms with E-state index < -0.39 is 0 Å². The molecule has 0 spiro atoms. The van der Waals surface area contributed by atoms with Crippen molar-refractivity contribution in [2.75, 3.05) is 0 Å². The molecule has 3 heteroatoms. The highest BCUT2D eigenvalue weighted by Gasteiger charge is 2.11. The first-order valence-electron chi connectivity index (χ1n) is 6.18. The zero-order chi connectivity index (χ0) is 14.0. The predicted octanol–water partition coefficient (Wildman–Crippen LogP) is 3.69. The largest absolute Gasteiger partial charge is 0.456 e. The average molecular weight is 254 g/mol. The van der Waals surface area contributed by atoms with Crippen molar-refractivity contribution >= 4 is 5.84 Å². The minimum absolute atomic E-state index is 0.0171. The van der Waals surface area contributed by atoms with E-state index in [2.05, 4.69) is 6.07 Å². The fraction of sp³-hybridized carbons (Fsp3) is 0.188. The Morgan fingerprint density at radius 2 is 1.79 bits per heavy atom. The Morgan fingerprint density at radius 3 is 2.42 bits per heavy atom. The number of hydrogen-bond acceptors (Lipinski definition) is 2. The van der Waals surface area contributed by atoms with Crippen LogP contribution >= 0.6 is 0 Å². The van der Waals surface area contributed by atoms with Crippen molar-refractivity contribution < 1.29 is 4.74 Å². The summed E-state index contributed by atoms with van der Waals surface area (Å²) in [6.45, 7) is 6.00. The van der Waals surface area contributed by atoms with Gasteiger partial charge in [-0.2, -0.15) is 0 Å². The molecule has 0 aromatic heterocycles. The van der Waals surface area contributed by atoms with Gasteiger partial charge in [-0.05, 0) is 44.0 Å². The number of nitrogens with one attached hydrogen (secondary N) is 1. The van der Waals surface area contributed by atoms with Crippen LogP contribution < -0.4 is 10.5 Å². The highest BCUT2D eigenvalue weighted by molar-refractivity contribution is 5.98. The molecule has 0 aliphatic rings. The van der Waals surface area contributed by atoms with Crippen LogP contribution in [-0.2, 0) is 0 Å². The zero-order valence-electron chi connectivity index (χ0n) is 11.4. The van der Waals surface area contributed by atoms with Crippen LogP contribution in [0.3, 0.4) is 0 Å². The fourth-order valence-corrected chi connectivity index (χ4v) is 2.02. The summed E-state index contributed by atoms with van der Waals surface area (Å²) in [7, 11) is 0. The van der Waals surface area contributed by atoms with Crippen LogP contribution in [0, 0.1) is 26.2 Å². The normalized spacial score (nSPS) is 10.3. The second kappa shape index (κ2) is 5.14. The number of aryl methyl sites for hydroxylation is 3. The third kappa shape index (κ3) is 2.76. The first kappa shape index (κ1) is 13.1. The number of benzene rings is 2. The van der Waals surface area contributed by atoms with Crippen molar-refractivity contribution in [3.05, 3.63) is 58.7 Å². The van der Waals surface area contributed by atoms with Gasteiger partial charge in [0.05, 0.1) is 5.56 Å². The van der Waals surface area contributed by atoms with Crippen LogP contribution in [0.25, 0.3) is 0 Å². The first-order chi connectivity index (χ1) is 8.99. The molecule has 98 valence electrons. The number of nitrogens with two attached hydrogens (primary N) is 1. The smallest absolute Gasteiger partial charge is 0.141 e. The van der Waals surface area contributed by atoms with Crippen LogP contribution in [0.5, 0.6) is 11.5 Å². The van der Waals surface area contributed by atoms with Gasteiger partial charge in [0.15, 0.2) is 0 Å². The molecule has 0 aliphatic heterocycles. The van der Waals surface area contributed by atoms with E-state index in [0.29, 0.717) is 11.3 Å². The number of amidine groups is 1. The Kier molecular flexibility index (Phi) is 3.56. The summed E-state index contributed by atoms with van der Waals surface area (Å²) in [6, 6.07) is 11.6. The highest BCUT2D eigenvalue weighted by Crippen LogP contribution is 2.31. The summed E-state index contributed by atoms with van der Waals surface area (Å²) < 4.78 is 5.97. The van der Waals surface area contributed by atoms with Gasteiger partial charge in [-0.1, -0.05) is 29.8 Å². The molecule has 0 radical (unpaired) electrons. The molecule has 0 saturated carbocycles. The lowest BCUT2D eigenvalue weighted by Crippen LogP contribution is -2.13. The van der Waals surface area contributed by atoms with E-state index in [1.54, 1.807) is 6.07 Å². The second-order valence-electron chi connectivity index (χ2n) is 4.74. The van der Waals surface area contributed by atoms with Crippen LogP contribution in [0.2, 0.25) is 0 Å². The maximum atomic E-state index is 7.62. The topological polar surface area (TPSA) is 59.1 Å². The van der Waals surface area contributed by atoms with Crippen molar-refractivity contribution in [2.24, 2.45) is 5.73 Å². The molecule has 2 rings (SSSR count). The maximum absolute atomic E-state index is 7.62. The Hall–Kier alpha value is -2.29. The molecule has 0 unspecified atom stereocenters.